The van der Waals surface area contributed by atoms with Crippen molar-refractivity contribution in [1.82, 2.24) is 4.90 Å². The normalized spacial score (nSPS) is 14.8. The van der Waals surface area contributed by atoms with Gasteiger partial charge in [-0.15, -0.1) is 5.75 Å². The molecule has 2 aromatic rings. The molecule has 0 spiro atoms. The Morgan fingerprint density at radius 2 is 1.96 bits per heavy atom. The molecule has 5 nitrogen and oxygen atoms in total. The van der Waals surface area contributed by atoms with Crippen LogP contribution in [0.4, 0.5) is 0 Å². The number of rotatable bonds is 3. The Labute approximate surface area is 140 Å². The molecule has 0 unspecified atom stereocenters. The van der Waals surface area contributed by atoms with Gasteiger partial charge in [-0.3, -0.25) is 5.41 Å². The summed E-state index contributed by atoms with van der Waals surface area (Å²) in [5, 5.41) is 29.3. The summed E-state index contributed by atoms with van der Waals surface area (Å²) in [5.41, 5.74) is 2.99. The van der Waals surface area contributed by atoms with E-state index in [1.165, 1.54) is 23.3 Å². The average molecular weight is 323 g/mol. The van der Waals surface area contributed by atoms with Crippen molar-refractivity contribution in [2.75, 3.05) is 6.54 Å². The third-order valence-electron chi connectivity index (χ3n) is 4.60. The van der Waals surface area contributed by atoms with Gasteiger partial charge in [0, 0.05) is 19.0 Å². The largest absolute Gasteiger partial charge is 0.872 e. The Balaban J connectivity index is 1.85. The van der Waals surface area contributed by atoms with Crippen molar-refractivity contribution in [2.24, 2.45) is 0 Å². The lowest BCUT2D eigenvalue weighted by Gasteiger charge is -2.33. The first-order valence-corrected chi connectivity index (χ1v) is 7.92. The van der Waals surface area contributed by atoms with Gasteiger partial charge in [-0.05, 0) is 23.1 Å². The summed E-state index contributed by atoms with van der Waals surface area (Å²) in [6, 6.07) is 12.2. The Morgan fingerprint density at radius 3 is 2.67 bits per heavy atom. The molecule has 24 heavy (non-hydrogen) atoms. The molecule has 2 N–H and O–H groups in total. The molecule has 0 fully saturated rings. The summed E-state index contributed by atoms with van der Waals surface area (Å²) in [4.78, 5) is 13.4. The van der Waals surface area contributed by atoms with Gasteiger partial charge in [0.2, 0.25) is 0 Å². The highest BCUT2D eigenvalue weighted by atomic mass is 16.4. The van der Waals surface area contributed by atoms with E-state index < -0.39 is 5.97 Å². The van der Waals surface area contributed by atoms with Crippen LogP contribution in [-0.2, 0) is 13.0 Å². The van der Waals surface area contributed by atoms with Crippen LogP contribution in [0, 0.1) is 5.41 Å². The van der Waals surface area contributed by atoms with Crippen LogP contribution >= 0.6 is 0 Å². The first kappa shape index (κ1) is 16.1. The number of carboxylic acids is 1. The van der Waals surface area contributed by atoms with Gasteiger partial charge >= 0.3 is 5.97 Å². The Hall–Kier alpha value is -2.82. The molecule has 3 rings (SSSR count). The third kappa shape index (κ3) is 2.97. The zero-order chi connectivity index (χ0) is 17.3. The van der Waals surface area contributed by atoms with E-state index in [0.717, 1.165) is 19.0 Å². The SMILES string of the molecule is C[C@H](C(=N)N1CCc2ccccc2C1)c1ccc([O-])cc1C(=O)O. The number of nitrogens with zero attached hydrogens (tertiary/aromatic N) is 1. The van der Waals surface area contributed by atoms with Crippen molar-refractivity contribution in [2.45, 2.75) is 25.8 Å². The molecule has 0 radical (unpaired) electrons. The minimum atomic E-state index is -1.13. The minimum absolute atomic E-state index is 0.0165. The maximum absolute atomic E-state index is 11.5. The number of carboxylic acid groups (broad SMARTS) is 1. The van der Waals surface area contributed by atoms with Crippen molar-refractivity contribution in [1.29, 1.82) is 5.41 Å². The lowest BCUT2D eigenvalue weighted by atomic mass is 9.92. The van der Waals surface area contributed by atoms with E-state index in [1.807, 2.05) is 24.0 Å². The number of benzene rings is 2. The molecule has 0 saturated heterocycles. The fourth-order valence-corrected chi connectivity index (χ4v) is 3.22. The molecule has 0 amide bonds. The topological polar surface area (TPSA) is 87.5 Å². The number of nitrogens with one attached hydrogen (secondary N) is 1. The van der Waals surface area contributed by atoms with E-state index >= 15 is 0 Å². The molecule has 124 valence electrons. The summed E-state index contributed by atoms with van der Waals surface area (Å²) in [6.45, 7) is 3.21. The van der Waals surface area contributed by atoms with Gasteiger partial charge in [0.15, 0.2) is 0 Å². The summed E-state index contributed by atoms with van der Waals surface area (Å²) in [7, 11) is 0. The lowest BCUT2D eigenvalue weighted by Crippen LogP contribution is -2.38. The molecule has 5 heteroatoms. The van der Waals surface area contributed by atoms with E-state index in [0.29, 0.717) is 17.9 Å². The molecular weight excluding hydrogens is 304 g/mol. The van der Waals surface area contributed by atoms with Gasteiger partial charge in [0.1, 0.15) is 5.84 Å². The molecule has 2 aromatic carbocycles. The molecule has 0 bridgehead atoms. The van der Waals surface area contributed by atoms with Crippen LogP contribution in [0.1, 0.15) is 39.9 Å². The van der Waals surface area contributed by atoms with Gasteiger partial charge < -0.3 is 15.1 Å². The number of carbonyl (C=O) groups is 1. The van der Waals surface area contributed by atoms with Crippen molar-refractivity contribution in [3.8, 4) is 5.75 Å². The molecule has 1 atom stereocenters. The molecule has 0 aliphatic carbocycles. The van der Waals surface area contributed by atoms with Crippen LogP contribution in [0.3, 0.4) is 0 Å². The lowest BCUT2D eigenvalue weighted by molar-refractivity contribution is -0.268. The standard InChI is InChI=1S/C19H20N2O3/c1-12(16-7-6-15(22)10-17(16)19(23)24)18(20)21-9-8-13-4-2-3-5-14(13)11-21/h2-7,10,12,20,22H,8-9,11H2,1H3,(H,23,24)/p-1/t12-/m0/s1. The maximum atomic E-state index is 11.5. The maximum Gasteiger partial charge on any atom is 0.335 e. The Kier molecular flexibility index (Phi) is 4.25. The van der Waals surface area contributed by atoms with Crippen molar-refractivity contribution in [3.63, 3.8) is 0 Å². The van der Waals surface area contributed by atoms with E-state index in [1.54, 1.807) is 0 Å². The minimum Gasteiger partial charge on any atom is -0.872 e. The highest BCUT2D eigenvalue weighted by Crippen LogP contribution is 2.27. The number of hydrogen-bond acceptors (Lipinski definition) is 3. The highest BCUT2D eigenvalue weighted by Gasteiger charge is 2.25. The molecule has 1 heterocycles. The molecule has 1 aliphatic rings. The summed E-state index contributed by atoms with van der Waals surface area (Å²) in [5.74, 6) is -1.47. The van der Waals surface area contributed by atoms with Crippen molar-refractivity contribution < 1.29 is 15.0 Å². The smallest absolute Gasteiger partial charge is 0.335 e. The second-order valence-electron chi connectivity index (χ2n) is 6.10. The molecular formula is C19H19N2O3-. The Morgan fingerprint density at radius 1 is 1.25 bits per heavy atom. The van der Waals surface area contributed by atoms with E-state index in [4.69, 9.17) is 5.41 Å². The summed E-state index contributed by atoms with van der Waals surface area (Å²) < 4.78 is 0. The first-order valence-electron chi connectivity index (χ1n) is 7.92. The van der Waals surface area contributed by atoms with Crippen LogP contribution in [0.5, 0.6) is 5.75 Å². The zero-order valence-corrected chi connectivity index (χ0v) is 13.5. The fourth-order valence-electron chi connectivity index (χ4n) is 3.22. The van der Waals surface area contributed by atoms with E-state index in [9.17, 15) is 15.0 Å². The second-order valence-corrected chi connectivity index (χ2v) is 6.10. The van der Waals surface area contributed by atoms with Gasteiger partial charge in [0.05, 0.1) is 5.56 Å². The van der Waals surface area contributed by atoms with Gasteiger partial charge in [-0.1, -0.05) is 49.4 Å². The summed E-state index contributed by atoms with van der Waals surface area (Å²) in [6.07, 6.45) is 0.872. The average Bonchev–Trinajstić information content (AvgIpc) is 2.60. The van der Waals surface area contributed by atoms with Crippen LogP contribution in [0.25, 0.3) is 0 Å². The zero-order valence-electron chi connectivity index (χ0n) is 13.5. The van der Waals surface area contributed by atoms with Crippen LogP contribution in [0.2, 0.25) is 0 Å². The van der Waals surface area contributed by atoms with Gasteiger partial charge in [-0.2, -0.15) is 0 Å². The Bertz CT molecular complexity index is 801. The molecule has 1 aliphatic heterocycles. The van der Waals surface area contributed by atoms with Gasteiger partial charge in [-0.25, -0.2) is 4.79 Å². The van der Waals surface area contributed by atoms with Crippen LogP contribution < -0.4 is 5.11 Å². The van der Waals surface area contributed by atoms with Crippen LogP contribution in [-0.4, -0.2) is 28.4 Å². The highest BCUT2D eigenvalue weighted by molar-refractivity contribution is 5.94. The molecule has 0 saturated carbocycles. The quantitative estimate of drug-likeness (QED) is 0.671. The second kappa shape index (κ2) is 6.35. The third-order valence-corrected chi connectivity index (χ3v) is 4.60. The number of fused-ring (bicyclic) bond motifs is 1. The van der Waals surface area contributed by atoms with Crippen molar-refractivity contribution >= 4 is 11.8 Å². The number of aromatic carboxylic acids is 1. The van der Waals surface area contributed by atoms with E-state index in [-0.39, 0.29) is 17.2 Å². The predicted octanol–water partition coefficient (Wildman–Crippen LogP) is 2.60. The van der Waals surface area contributed by atoms with Gasteiger partial charge in [0.25, 0.3) is 0 Å². The predicted molar refractivity (Wildman–Crippen MR) is 89.5 cm³/mol. The number of amidine groups is 1. The molecule has 0 aromatic heterocycles. The number of hydrogen-bond donors (Lipinski definition) is 2. The fraction of sp³-hybridized carbons (Fsp3) is 0.263. The monoisotopic (exact) mass is 323 g/mol. The van der Waals surface area contributed by atoms with Crippen LogP contribution in [0.15, 0.2) is 42.5 Å². The summed E-state index contributed by atoms with van der Waals surface area (Å²) >= 11 is 0. The van der Waals surface area contributed by atoms with Crippen molar-refractivity contribution in [3.05, 3.63) is 64.7 Å². The van der Waals surface area contributed by atoms with E-state index in [2.05, 4.69) is 12.1 Å². The first-order chi connectivity index (χ1) is 11.5.